The number of carbonyl (C=O) groups excluding carboxylic acids is 1. The fourth-order valence-electron chi connectivity index (χ4n) is 1.51. The van der Waals surface area contributed by atoms with Crippen LogP contribution in [0.5, 0.6) is 0 Å². The van der Waals surface area contributed by atoms with Crippen molar-refractivity contribution in [2.45, 2.75) is 39.7 Å². The minimum absolute atomic E-state index is 0.261. The second-order valence-corrected chi connectivity index (χ2v) is 4.81. The Morgan fingerprint density at radius 1 is 1.59 bits per heavy atom. The second-order valence-electron chi connectivity index (χ2n) is 4.81. The van der Waals surface area contributed by atoms with Crippen LogP contribution in [0.1, 0.15) is 43.5 Å². The average molecular weight is 234 g/mol. The van der Waals surface area contributed by atoms with Crippen molar-refractivity contribution >= 4 is 5.91 Å². The number of aromatic nitrogens is 2. The highest BCUT2D eigenvalue weighted by atomic mass is 16.1. The van der Waals surface area contributed by atoms with E-state index in [1.54, 1.807) is 10.9 Å². The van der Waals surface area contributed by atoms with Gasteiger partial charge in [-0.3, -0.25) is 9.48 Å². The summed E-state index contributed by atoms with van der Waals surface area (Å²) < 4.78 is 1.71. The predicted molar refractivity (Wildman–Crippen MR) is 64.0 cm³/mol. The van der Waals surface area contributed by atoms with Crippen molar-refractivity contribution in [3.63, 3.8) is 0 Å². The van der Waals surface area contributed by atoms with Crippen molar-refractivity contribution in [2.75, 3.05) is 0 Å². The maximum Gasteiger partial charge on any atom is 0.251 e. The highest BCUT2D eigenvalue weighted by Gasteiger charge is 2.15. The Morgan fingerprint density at radius 2 is 2.29 bits per heavy atom. The number of nitrogens with two attached hydrogens (primary N) is 1. The minimum Gasteiger partial charge on any atom is -0.366 e. The van der Waals surface area contributed by atoms with Crippen LogP contribution < -0.4 is 5.73 Å². The molecule has 1 aromatic rings. The first kappa shape index (κ1) is 13.2. The first-order valence-corrected chi connectivity index (χ1v) is 5.68. The zero-order valence-electron chi connectivity index (χ0n) is 10.3. The molecule has 0 aliphatic carbocycles. The molecule has 0 aliphatic heterocycles. The second kappa shape index (κ2) is 5.48. The van der Waals surface area contributed by atoms with E-state index in [9.17, 15) is 4.79 Å². The fourth-order valence-corrected chi connectivity index (χ4v) is 1.51. The first-order valence-electron chi connectivity index (χ1n) is 5.68. The molecule has 92 valence electrons. The van der Waals surface area contributed by atoms with E-state index in [0.717, 1.165) is 25.8 Å². The van der Waals surface area contributed by atoms with Crippen LogP contribution in [0.2, 0.25) is 0 Å². The van der Waals surface area contributed by atoms with Crippen molar-refractivity contribution in [3.05, 3.63) is 18.0 Å². The van der Waals surface area contributed by atoms with E-state index in [1.165, 1.54) is 6.20 Å². The van der Waals surface area contributed by atoms with Crippen LogP contribution in [0.3, 0.4) is 0 Å². The van der Waals surface area contributed by atoms with Crippen molar-refractivity contribution in [1.29, 1.82) is 5.26 Å². The molecule has 0 fully saturated rings. The summed E-state index contributed by atoms with van der Waals surface area (Å²) in [7, 11) is 0. The molecule has 1 aromatic heterocycles. The SMILES string of the molecule is CC(C)(C#N)CCCCn1cc(C(N)=O)cn1. The maximum atomic E-state index is 10.8. The monoisotopic (exact) mass is 234 g/mol. The Kier molecular flexibility index (Phi) is 4.27. The van der Waals surface area contributed by atoms with Gasteiger partial charge < -0.3 is 5.73 Å². The topological polar surface area (TPSA) is 84.7 Å². The van der Waals surface area contributed by atoms with Gasteiger partial charge >= 0.3 is 0 Å². The average Bonchev–Trinajstić information content (AvgIpc) is 2.73. The Hall–Kier alpha value is -1.83. The van der Waals surface area contributed by atoms with Crippen LogP contribution in [-0.4, -0.2) is 15.7 Å². The van der Waals surface area contributed by atoms with E-state index in [4.69, 9.17) is 11.0 Å². The Morgan fingerprint density at radius 3 is 2.82 bits per heavy atom. The molecule has 1 rings (SSSR count). The smallest absolute Gasteiger partial charge is 0.251 e. The molecule has 17 heavy (non-hydrogen) atoms. The molecule has 0 aromatic carbocycles. The standard InChI is InChI=1S/C12H18N4O/c1-12(2,9-13)5-3-4-6-16-8-10(7-15-16)11(14)17/h7-8H,3-6H2,1-2H3,(H2,14,17). The highest BCUT2D eigenvalue weighted by molar-refractivity contribution is 5.92. The van der Waals surface area contributed by atoms with E-state index < -0.39 is 5.91 Å². The van der Waals surface area contributed by atoms with E-state index in [-0.39, 0.29) is 5.41 Å². The molecule has 0 saturated heterocycles. The molecular weight excluding hydrogens is 216 g/mol. The number of aryl methyl sites for hydroxylation is 1. The number of nitrogens with zero attached hydrogens (tertiary/aromatic N) is 3. The van der Waals surface area contributed by atoms with Gasteiger partial charge in [0.1, 0.15) is 0 Å². The van der Waals surface area contributed by atoms with Gasteiger partial charge in [-0.05, 0) is 26.7 Å². The van der Waals surface area contributed by atoms with Crippen molar-refractivity contribution in [1.82, 2.24) is 9.78 Å². The number of nitriles is 1. The molecule has 0 atom stereocenters. The summed E-state index contributed by atoms with van der Waals surface area (Å²) in [6.07, 6.45) is 5.89. The van der Waals surface area contributed by atoms with Crippen LogP contribution in [0.4, 0.5) is 0 Å². The Bertz CT molecular complexity index is 428. The highest BCUT2D eigenvalue weighted by Crippen LogP contribution is 2.21. The summed E-state index contributed by atoms with van der Waals surface area (Å²) in [6.45, 7) is 4.62. The number of rotatable bonds is 6. The quantitative estimate of drug-likeness (QED) is 0.760. The third-order valence-electron chi connectivity index (χ3n) is 2.66. The van der Waals surface area contributed by atoms with Crippen molar-refractivity contribution < 1.29 is 4.79 Å². The van der Waals surface area contributed by atoms with Crippen LogP contribution in [0.25, 0.3) is 0 Å². The molecule has 0 radical (unpaired) electrons. The lowest BCUT2D eigenvalue weighted by Gasteiger charge is -2.14. The summed E-state index contributed by atoms with van der Waals surface area (Å²) >= 11 is 0. The van der Waals surface area contributed by atoms with E-state index in [1.807, 2.05) is 13.8 Å². The third kappa shape index (κ3) is 4.27. The predicted octanol–water partition coefficient (Wildman–Crippen LogP) is 1.70. The van der Waals surface area contributed by atoms with Gasteiger partial charge in [-0.25, -0.2) is 0 Å². The fraction of sp³-hybridized carbons (Fsp3) is 0.583. The van der Waals surface area contributed by atoms with Gasteiger partial charge in [0.25, 0.3) is 5.91 Å². The number of unbranched alkanes of at least 4 members (excludes halogenated alkanes) is 1. The van der Waals surface area contributed by atoms with Crippen LogP contribution in [-0.2, 0) is 6.54 Å². The van der Waals surface area contributed by atoms with Gasteiger partial charge in [0.15, 0.2) is 0 Å². The molecule has 1 heterocycles. The Labute approximate surface area is 101 Å². The number of hydrogen-bond donors (Lipinski definition) is 1. The summed E-state index contributed by atoms with van der Waals surface area (Å²) in [4.78, 5) is 10.8. The molecule has 0 unspecified atom stereocenters. The molecule has 2 N–H and O–H groups in total. The van der Waals surface area contributed by atoms with Gasteiger partial charge in [0.2, 0.25) is 0 Å². The first-order chi connectivity index (χ1) is 7.94. The van der Waals surface area contributed by atoms with E-state index >= 15 is 0 Å². The van der Waals surface area contributed by atoms with Gasteiger partial charge in [-0.2, -0.15) is 10.4 Å². The van der Waals surface area contributed by atoms with E-state index in [0.29, 0.717) is 5.56 Å². The van der Waals surface area contributed by atoms with Gasteiger partial charge in [-0.1, -0.05) is 6.42 Å². The van der Waals surface area contributed by atoms with Gasteiger partial charge in [0, 0.05) is 12.7 Å². The minimum atomic E-state index is -0.457. The summed E-state index contributed by atoms with van der Waals surface area (Å²) in [5.74, 6) is -0.457. The number of hydrogen-bond acceptors (Lipinski definition) is 3. The Balaban J connectivity index is 2.32. The van der Waals surface area contributed by atoms with Crippen LogP contribution in [0.15, 0.2) is 12.4 Å². The lowest BCUT2D eigenvalue weighted by Crippen LogP contribution is -2.10. The lowest BCUT2D eigenvalue weighted by atomic mass is 9.89. The van der Waals surface area contributed by atoms with E-state index in [2.05, 4.69) is 11.2 Å². The van der Waals surface area contributed by atoms with Crippen molar-refractivity contribution in [2.24, 2.45) is 11.1 Å². The third-order valence-corrected chi connectivity index (χ3v) is 2.66. The normalized spacial score (nSPS) is 11.1. The van der Waals surface area contributed by atoms with Gasteiger partial charge in [-0.15, -0.1) is 0 Å². The molecule has 0 bridgehead atoms. The number of amides is 1. The molecule has 0 aliphatic rings. The molecule has 0 saturated carbocycles. The molecule has 5 heteroatoms. The number of primary amides is 1. The molecule has 0 spiro atoms. The molecule has 5 nitrogen and oxygen atoms in total. The van der Waals surface area contributed by atoms with Gasteiger partial charge in [0.05, 0.1) is 23.2 Å². The summed E-state index contributed by atoms with van der Waals surface area (Å²) in [5, 5.41) is 12.9. The zero-order chi connectivity index (χ0) is 12.9. The zero-order valence-corrected chi connectivity index (χ0v) is 10.3. The summed E-state index contributed by atoms with van der Waals surface area (Å²) in [6, 6.07) is 2.28. The lowest BCUT2D eigenvalue weighted by molar-refractivity contribution is 0.1000. The van der Waals surface area contributed by atoms with Crippen molar-refractivity contribution in [3.8, 4) is 6.07 Å². The summed E-state index contributed by atoms with van der Waals surface area (Å²) in [5.41, 5.74) is 5.30. The molecular formula is C12H18N4O. The maximum absolute atomic E-state index is 10.8. The largest absolute Gasteiger partial charge is 0.366 e. The van der Waals surface area contributed by atoms with Crippen LogP contribution in [0, 0.1) is 16.7 Å². The number of carbonyl (C=O) groups is 1. The molecule has 1 amide bonds. The van der Waals surface area contributed by atoms with Crippen LogP contribution >= 0.6 is 0 Å².